The minimum atomic E-state index is -0.243. The molecule has 0 bridgehead atoms. The van der Waals surface area contributed by atoms with Gasteiger partial charge in [-0.2, -0.15) is 5.10 Å². The summed E-state index contributed by atoms with van der Waals surface area (Å²) in [6.45, 7) is 0.272. The Hall–Kier alpha value is -3.42. The third kappa shape index (κ3) is 4.27. The molecule has 2 heterocycles. The zero-order chi connectivity index (χ0) is 20.9. The van der Waals surface area contributed by atoms with Gasteiger partial charge < -0.3 is 15.0 Å². The van der Waals surface area contributed by atoms with E-state index in [0.29, 0.717) is 22.1 Å². The molecule has 152 valence electrons. The van der Waals surface area contributed by atoms with Crippen molar-refractivity contribution in [2.75, 3.05) is 13.2 Å². The highest BCUT2D eigenvalue weighted by molar-refractivity contribution is 6.30. The van der Waals surface area contributed by atoms with Gasteiger partial charge in [0.2, 0.25) is 0 Å². The molecule has 1 amide bonds. The fourth-order valence-corrected chi connectivity index (χ4v) is 3.30. The molecule has 0 radical (unpaired) electrons. The molecule has 2 N–H and O–H groups in total. The molecule has 0 saturated carbocycles. The van der Waals surface area contributed by atoms with Crippen molar-refractivity contribution >= 4 is 17.5 Å². The van der Waals surface area contributed by atoms with Crippen LogP contribution in [0.1, 0.15) is 16.2 Å². The lowest BCUT2D eigenvalue weighted by Crippen LogP contribution is -2.33. The number of aromatic nitrogens is 4. The second-order valence-electron chi connectivity index (χ2n) is 6.66. The van der Waals surface area contributed by atoms with E-state index in [-0.39, 0.29) is 25.6 Å². The third-order valence-corrected chi connectivity index (χ3v) is 4.89. The molecule has 2 aromatic carbocycles. The Kier molecular flexibility index (Phi) is 5.92. The molecule has 0 aliphatic heterocycles. The first-order valence-electron chi connectivity index (χ1n) is 9.45. The number of aromatic amines is 1. The Bertz CT molecular complexity index is 1110. The van der Waals surface area contributed by atoms with E-state index in [0.717, 1.165) is 11.3 Å². The molecule has 0 aliphatic carbocycles. The molecular weight excluding hydrogens is 402 g/mol. The van der Waals surface area contributed by atoms with Gasteiger partial charge in [0.15, 0.2) is 0 Å². The summed E-state index contributed by atoms with van der Waals surface area (Å²) in [5.74, 6) is 0.396. The van der Waals surface area contributed by atoms with Gasteiger partial charge in [-0.05, 0) is 24.3 Å². The highest BCUT2D eigenvalue weighted by Crippen LogP contribution is 2.26. The van der Waals surface area contributed by atoms with Crippen molar-refractivity contribution in [2.45, 2.75) is 6.54 Å². The number of benzene rings is 2. The first-order valence-corrected chi connectivity index (χ1v) is 9.83. The lowest BCUT2D eigenvalue weighted by Gasteiger charge is -2.20. The Morgan fingerprint density at radius 2 is 1.90 bits per heavy atom. The van der Waals surface area contributed by atoms with Crippen LogP contribution in [0.15, 0.2) is 73.2 Å². The number of hydrogen-bond acceptors (Lipinski definition) is 4. The van der Waals surface area contributed by atoms with Gasteiger partial charge in [-0.15, -0.1) is 0 Å². The van der Waals surface area contributed by atoms with E-state index < -0.39 is 0 Å². The van der Waals surface area contributed by atoms with Crippen molar-refractivity contribution in [1.29, 1.82) is 0 Å². The van der Waals surface area contributed by atoms with Gasteiger partial charge in [-0.25, -0.2) is 9.67 Å². The third-order valence-electron chi connectivity index (χ3n) is 4.64. The smallest absolute Gasteiger partial charge is 0.258 e. The minimum Gasteiger partial charge on any atom is -0.395 e. The molecule has 0 unspecified atom stereocenters. The van der Waals surface area contributed by atoms with Crippen LogP contribution in [0.4, 0.5) is 0 Å². The topological polar surface area (TPSA) is 87.0 Å². The Labute approximate surface area is 178 Å². The van der Waals surface area contributed by atoms with Crippen molar-refractivity contribution in [3.63, 3.8) is 0 Å². The number of H-pyrrole nitrogens is 1. The van der Waals surface area contributed by atoms with Gasteiger partial charge in [0.25, 0.3) is 5.91 Å². The number of nitrogens with zero attached hydrogens (tertiary/aromatic N) is 4. The average molecular weight is 422 g/mol. The standard InChI is InChI=1S/C22H20ClN5O2/c23-17-8-6-16(7-9-17)21-19(14-28(26-21)18-4-2-1-3-5-18)22(30)27(12-13-29)15-20-24-10-11-25-20/h1-11,14,29H,12-13,15H2,(H,24,25). The van der Waals surface area contributed by atoms with Crippen molar-refractivity contribution in [2.24, 2.45) is 0 Å². The van der Waals surface area contributed by atoms with E-state index in [4.69, 9.17) is 11.6 Å². The van der Waals surface area contributed by atoms with Crippen LogP contribution in [0, 0.1) is 0 Å². The van der Waals surface area contributed by atoms with Gasteiger partial charge in [0.1, 0.15) is 11.5 Å². The molecule has 4 aromatic rings. The van der Waals surface area contributed by atoms with E-state index in [2.05, 4.69) is 15.1 Å². The zero-order valence-electron chi connectivity index (χ0n) is 16.1. The number of carbonyl (C=O) groups is 1. The van der Waals surface area contributed by atoms with Crippen LogP contribution in [0.3, 0.4) is 0 Å². The molecule has 0 aliphatic rings. The maximum Gasteiger partial charge on any atom is 0.258 e. The highest BCUT2D eigenvalue weighted by atomic mass is 35.5. The number of amides is 1. The highest BCUT2D eigenvalue weighted by Gasteiger charge is 2.24. The molecule has 2 aromatic heterocycles. The summed E-state index contributed by atoms with van der Waals surface area (Å²) < 4.78 is 1.68. The van der Waals surface area contributed by atoms with Gasteiger partial charge in [-0.1, -0.05) is 41.9 Å². The number of para-hydroxylation sites is 1. The number of imidazole rings is 1. The number of hydrogen-bond donors (Lipinski definition) is 2. The summed E-state index contributed by atoms with van der Waals surface area (Å²) in [7, 11) is 0. The van der Waals surface area contributed by atoms with E-state index in [1.165, 1.54) is 0 Å². The first-order chi connectivity index (χ1) is 14.7. The van der Waals surface area contributed by atoms with Crippen LogP contribution in [0.2, 0.25) is 5.02 Å². The van der Waals surface area contributed by atoms with E-state index >= 15 is 0 Å². The van der Waals surface area contributed by atoms with Crippen LogP contribution < -0.4 is 0 Å². The molecule has 0 spiro atoms. The normalized spacial score (nSPS) is 10.9. The fraction of sp³-hybridized carbons (Fsp3) is 0.136. The second kappa shape index (κ2) is 8.94. The van der Waals surface area contributed by atoms with Crippen LogP contribution >= 0.6 is 11.6 Å². The second-order valence-corrected chi connectivity index (χ2v) is 7.10. The van der Waals surface area contributed by atoms with E-state index in [1.54, 1.807) is 40.3 Å². The predicted molar refractivity (Wildman–Crippen MR) is 114 cm³/mol. The van der Waals surface area contributed by atoms with Gasteiger partial charge in [-0.3, -0.25) is 4.79 Å². The summed E-state index contributed by atoms with van der Waals surface area (Å²) in [6, 6.07) is 16.8. The van der Waals surface area contributed by atoms with Crippen LogP contribution in [0.25, 0.3) is 16.9 Å². The van der Waals surface area contributed by atoms with Crippen molar-refractivity contribution in [1.82, 2.24) is 24.6 Å². The monoisotopic (exact) mass is 421 g/mol. The minimum absolute atomic E-state index is 0.157. The largest absolute Gasteiger partial charge is 0.395 e. The number of aliphatic hydroxyl groups is 1. The van der Waals surface area contributed by atoms with Crippen molar-refractivity contribution in [3.8, 4) is 16.9 Å². The average Bonchev–Trinajstić information content (AvgIpc) is 3.44. The number of nitrogens with one attached hydrogen (secondary N) is 1. The number of carbonyl (C=O) groups excluding carboxylic acids is 1. The van der Waals surface area contributed by atoms with Crippen LogP contribution in [-0.4, -0.2) is 48.8 Å². The Morgan fingerprint density at radius 1 is 1.13 bits per heavy atom. The summed E-state index contributed by atoms with van der Waals surface area (Å²) >= 11 is 6.03. The number of halogens is 1. The van der Waals surface area contributed by atoms with Gasteiger partial charge in [0.05, 0.1) is 24.4 Å². The van der Waals surface area contributed by atoms with Crippen molar-refractivity contribution < 1.29 is 9.90 Å². The van der Waals surface area contributed by atoms with Gasteiger partial charge >= 0.3 is 0 Å². The van der Waals surface area contributed by atoms with Gasteiger partial charge in [0, 0.05) is 35.7 Å². The molecule has 0 fully saturated rings. The molecule has 30 heavy (non-hydrogen) atoms. The van der Waals surface area contributed by atoms with Crippen molar-refractivity contribution in [3.05, 3.63) is 89.6 Å². The van der Waals surface area contributed by atoms with Crippen LogP contribution in [0.5, 0.6) is 0 Å². The summed E-state index contributed by atoms with van der Waals surface area (Å²) in [5, 5.41) is 14.8. The molecular formula is C22H20ClN5O2. The lowest BCUT2D eigenvalue weighted by molar-refractivity contribution is 0.0704. The fourth-order valence-electron chi connectivity index (χ4n) is 3.17. The summed E-state index contributed by atoms with van der Waals surface area (Å²) in [5.41, 5.74) is 2.59. The molecule has 8 heteroatoms. The quantitative estimate of drug-likeness (QED) is 0.477. The molecule has 7 nitrogen and oxygen atoms in total. The maximum atomic E-state index is 13.5. The Balaban J connectivity index is 1.76. The summed E-state index contributed by atoms with van der Waals surface area (Å²) in [4.78, 5) is 22.2. The molecule has 0 saturated heterocycles. The Morgan fingerprint density at radius 3 is 2.57 bits per heavy atom. The van der Waals surface area contributed by atoms with E-state index in [9.17, 15) is 9.90 Å². The molecule has 0 atom stereocenters. The molecule has 4 rings (SSSR count). The number of rotatable bonds is 7. The zero-order valence-corrected chi connectivity index (χ0v) is 16.8. The summed E-state index contributed by atoms with van der Waals surface area (Å²) in [6.07, 6.45) is 5.04. The lowest BCUT2D eigenvalue weighted by atomic mass is 10.1. The first kappa shape index (κ1) is 19.9. The van der Waals surface area contributed by atoms with Crippen LogP contribution in [-0.2, 0) is 6.54 Å². The van der Waals surface area contributed by atoms with E-state index in [1.807, 2.05) is 42.5 Å². The maximum absolute atomic E-state index is 13.5. The number of aliphatic hydroxyl groups excluding tert-OH is 1. The SMILES string of the molecule is O=C(c1cn(-c2ccccc2)nc1-c1ccc(Cl)cc1)N(CCO)Cc1ncc[nH]1. The predicted octanol–water partition coefficient (Wildman–Crippen LogP) is 3.55.